The maximum absolute atomic E-state index is 12.3. The summed E-state index contributed by atoms with van der Waals surface area (Å²) < 4.78 is 32.8. The molecule has 1 heterocycles. The van der Waals surface area contributed by atoms with Gasteiger partial charge in [-0.3, -0.25) is 0 Å². The molecule has 1 aliphatic heterocycles. The molecule has 1 aromatic rings. The number of ether oxygens (including phenoxy) is 1. The Morgan fingerprint density at radius 3 is 2.73 bits per heavy atom. The highest BCUT2D eigenvalue weighted by atomic mass is 32.2. The van der Waals surface area contributed by atoms with Gasteiger partial charge in [-0.2, -0.15) is 0 Å². The smallest absolute Gasteiger partial charge is 0.240 e. The number of guanidine groups is 1. The van der Waals surface area contributed by atoms with Crippen molar-refractivity contribution in [3.05, 3.63) is 42.5 Å². The molecule has 0 saturated carbocycles. The predicted molar refractivity (Wildman–Crippen MR) is 104 cm³/mol. The molecular weight excluding hydrogens is 352 g/mol. The number of hydrogen-bond donors (Lipinski definition) is 3. The number of rotatable bonds is 9. The fraction of sp³-hybridized carbons (Fsp3) is 0.500. The lowest BCUT2D eigenvalue weighted by atomic mass is 10.2. The molecular formula is C18H28N4O3S. The summed E-state index contributed by atoms with van der Waals surface area (Å²) in [5, 5.41) is 6.26. The molecule has 1 saturated heterocycles. The summed E-state index contributed by atoms with van der Waals surface area (Å²) in [6.45, 7) is 8.52. The monoisotopic (exact) mass is 380 g/mol. The van der Waals surface area contributed by atoms with E-state index < -0.39 is 10.0 Å². The fourth-order valence-corrected chi connectivity index (χ4v) is 3.61. The van der Waals surface area contributed by atoms with Crippen molar-refractivity contribution in [2.75, 3.05) is 26.2 Å². The second kappa shape index (κ2) is 10.3. The zero-order valence-electron chi connectivity index (χ0n) is 15.2. The van der Waals surface area contributed by atoms with E-state index in [1.54, 1.807) is 30.3 Å². The summed E-state index contributed by atoms with van der Waals surface area (Å²) in [5.41, 5.74) is 0.930. The molecule has 1 fully saturated rings. The molecule has 0 spiro atoms. The third kappa shape index (κ3) is 6.44. The molecule has 1 unspecified atom stereocenters. The maximum atomic E-state index is 12.3. The van der Waals surface area contributed by atoms with Gasteiger partial charge < -0.3 is 15.4 Å². The molecule has 8 heteroatoms. The van der Waals surface area contributed by atoms with Crippen molar-refractivity contribution in [2.45, 2.75) is 37.3 Å². The Kier molecular flexibility index (Phi) is 8.08. The van der Waals surface area contributed by atoms with E-state index in [0.717, 1.165) is 24.9 Å². The lowest BCUT2D eigenvalue weighted by Gasteiger charge is -2.12. The summed E-state index contributed by atoms with van der Waals surface area (Å²) in [6, 6.07) is 6.77. The number of benzene rings is 1. The first kappa shape index (κ1) is 20.4. The maximum Gasteiger partial charge on any atom is 0.240 e. The van der Waals surface area contributed by atoms with Crippen molar-refractivity contribution >= 4 is 16.0 Å². The van der Waals surface area contributed by atoms with E-state index in [-0.39, 0.29) is 11.0 Å². The van der Waals surface area contributed by atoms with Crippen molar-refractivity contribution in [2.24, 2.45) is 4.99 Å². The van der Waals surface area contributed by atoms with Gasteiger partial charge in [0.15, 0.2) is 5.96 Å². The van der Waals surface area contributed by atoms with Gasteiger partial charge in [0.25, 0.3) is 0 Å². The first-order chi connectivity index (χ1) is 12.5. The summed E-state index contributed by atoms with van der Waals surface area (Å²) in [6.07, 6.45) is 3.62. The molecule has 1 aliphatic rings. The summed E-state index contributed by atoms with van der Waals surface area (Å²) >= 11 is 0. The van der Waals surface area contributed by atoms with E-state index in [2.05, 4.69) is 26.9 Å². The van der Waals surface area contributed by atoms with E-state index in [0.29, 0.717) is 32.2 Å². The van der Waals surface area contributed by atoms with Crippen LogP contribution in [-0.2, 0) is 21.3 Å². The molecule has 144 valence electrons. The van der Waals surface area contributed by atoms with E-state index in [1.165, 1.54) is 0 Å². The summed E-state index contributed by atoms with van der Waals surface area (Å²) in [4.78, 5) is 4.72. The predicted octanol–water partition coefficient (Wildman–Crippen LogP) is 1.39. The van der Waals surface area contributed by atoms with Crippen LogP contribution >= 0.6 is 0 Å². The van der Waals surface area contributed by atoms with Gasteiger partial charge in [-0.05, 0) is 37.5 Å². The number of nitrogens with one attached hydrogen (secondary N) is 3. The molecule has 3 N–H and O–H groups in total. The quantitative estimate of drug-likeness (QED) is 0.342. The Hall–Kier alpha value is -1.90. The molecule has 0 bridgehead atoms. The molecule has 0 amide bonds. The van der Waals surface area contributed by atoms with Crippen molar-refractivity contribution in [1.82, 2.24) is 15.4 Å². The van der Waals surface area contributed by atoms with Crippen LogP contribution in [0.4, 0.5) is 0 Å². The lowest BCUT2D eigenvalue weighted by molar-refractivity contribution is 0.114. The van der Waals surface area contributed by atoms with Gasteiger partial charge in [-0.15, -0.1) is 6.58 Å². The van der Waals surface area contributed by atoms with Gasteiger partial charge in [0.05, 0.1) is 17.5 Å². The van der Waals surface area contributed by atoms with Crippen LogP contribution in [0.1, 0.15) is 25.3 Å². The average molecular weight is 381 g/mol. The Labute approximate surface area is 156 Å². The van der Waals surface area contributed by atoms with Crippen LogP contribution in [0.5, 0.6) is 0 Å². The van der Waals surface area contributed by atoms with Crippen molar-refractivity contribution in [3.63, 3.8) is 0 Å². The zero-order valence-corrected chi connectivity index (χ0v) is 16.0. The van der Waals surface area contributed by atoms with Gasteiger partial charge in [0.1, 0.15) is 0 Å². The normalized spacial score (nSPS) is 17.9. The third-order valence-corrected chi connectivity index (χ3v) is 5.38. The molecule has 1 atom stereocenters. The topological polar surface area (TPSA) is 91.8 Å². The van der Waals surface area contributed by atoms with Gasteiger partial charge in [0.2, 0.25) is 10.0 Å². The molecule has 0 radical (unpaired) electrons. The Morgan fingerprint density at radius 2 is 2.12 bits per heavy atom. The Morgan fingerprint density at radius 1 is 1.35 bits per heavy atom. The standard InChI is InChI=1S/C18H28N4O3S/c1-3-11-20-18(19-4-2)21-13-15-7-9-17(10-8-15)26(23,24)22-14-16-6-5-12-25-16/h3,7-10,16,22H,1,4-6,11-14H2,2H3,(H2,19,20,21). The number of aliphatic imine (C=N–C) groups is 1. The third-order valence-electron chi connectivity index (χ3n) is 3.94. The summed E-state index contributed by atoms with van der Waals surface area (Å²) in [5.74, 6) is 0.697. The van der Waals surface area contributed by atoms with Crippen LogP contribution in [0.25, 0.3) is 0 Å². The van der Waals surface area contributed by atoms with Crippen LogP contribution < -0.4 is 15.4 Å². The first-order valence-electron chi connectivity index (χ1n) is 8.88. The van der Waals surface area contributed by atoms with E-state index >= 15 is 0 Å². The van der Waals surface area contributed by atoms with Gasteiger partial charge in [-0.1, -0.05) is 18.2 Å². The second-order valence-electron chi connectivity index (χ2n) is 6.00. The van der Waals surface area contributed by atoms with Crippen LogP contribution in [0.2, 0.25) is 0 Å². The molecule has 1 aromatic carbocycles. The minimum Gasteiger partial charge on any atom is -0.377 e. The zero-order chi connectivity index (χ0) is 18.8. The molecule has 7 nitrogen and oxygen atoms in total. The van der Waals surface area contributed by atoms with E-state index in [4.69, 9.17) is 4.74 Å². The minimum atomic E-state index is -3.52. The highest BCUT2D eigenvalue weighted by Gasteiger charge is 2.20. The lowest BCUT2D eigenvalue weighted by Crippen LogP contribution is -2.37. The number of hydrogen-bond acceptors (Lipinski definition) is 4. The SMILES string of the molecule is C=CCNC(=NCc1ccc(S(=O)(=O)NCC2CCCO2)cc1)NCC. The van der Waals surface area contributed by atoms with Crippen molar-refractivity contribution in [3.8, 4) is 0 Å². The van der Waals surface area contributed by atoms with E-state index in [1.807, 2.05) is 6.92 Å². The Balaban J connectivity index is 1.94. The fourth-order valence-electron chi connectivity index (χ4n) is 2.55. The number of nitrogens with zero attached hydrogens (tertiary/aromatic N) is 1. The molecule has 0 aliphatic carbocycles. The van der Waals surface area contributed by atoms with Crippen LogP contribution in [-0.4, -0.2) is 46.7 Å². The Bertz CT molecular complexity index is 696. The van der Waals surface area contributed by atoms with Crippen molar-refractivity contribution in [1.29, 1.82) is 0 Å². The first-order valence-corrected chi connectivity index (χ1v) is 10.4. The van der Waals surface area contributed by atoms with Crippen LogP contribution in [0.15, 0.2) is 46.8 Å². The second-order valence-corrected chi connectivity index (χ2v) is 7.76. The largest absolute Gasteiger partial charge is 0.377 e. The van der Waals surface area contributed by atoms with Gasteiger partial charge in [-0.25, -0.2) is 18.1 Å². The van der Waals surface area contributed by atoms with Crippen LogP contribution in [0.3, 0.4) is 0 Å². The van der Waals surface area contributed by atoms with Crippen molar-refractivity contribution < 1.29 is 13.2 Å². The highest BCUT2D eigenvalue weighted by Crippen LogP contribution is 2.14. The summed E-state index contributed by atoms with van der Waals surface area (Å²) in [7, 11) is -3.52. The highest BCUT2D eigenvalue weighted by molar-refractivity contribution is 7.89. The van der Waals surface area contributed by atoms with Crippen LogP contribution in [0, 0.1) is 0 Å². The van der Waals surface area contributed by atoms with E-state index in [9.17, 15) is 8.42 Å². The average Bonchev–Trinajstić information content (AvgIpc) is 3.16. The van der Waals surface area contributed by atoms with Gasteiger partial charge >= 0.3 is 0 Å². The number of sulfonamides is 1. The molecule has 26 heavy (non-hydrogen) atoms. The minimum absolute atomic E-state index is 0.0223. The molecule has 2 rings (SSSR count). The molecule has 0 aromatic heterocycles. The van der Waals surface area contributed by atoms with Gasteiger partial charge in [0, 0.05) is 26.2 Å².